The van der Waals surface area contributed by atoms with Crippen molar-refractivity contribution in [3.8, 4) is 0 Å². The predicted octanol–water partition coefficient (Wildman–Crippen LogP) is 3.34. The second kappa shape index (κ2) is 11.9. The number of carboxylic acid groups (broad SMARTS) is 2. The van der Waals surface area contributed by atoms with Gasteiger partial charge in [0.05, 0.1) is 18.4 Å². The summed E-state index contributed by atoms with van der Waals surface area (Å²) in [5.74, 6) is -1.99. The van der Waals surface area contributed by atoms with Gasteiger partial charge in [-0.25, -0.2) is 0 Å². The standard InChI is InChI=1S/C9H18O2.C8H12O4/c1-4-11-9(10)7-5-6-8(2)3;9-7(10)5-2-1-3-6(4-5)8(11)12/h8H,4-7H2,1-3H3;5-6H,1-4H2,(H,9,10)(H,11,12). The van der Waals surface area contributed by atoms with Gasteiger partial charge in [0.2, 0.25) is 0 Å². The normalized spacial score (nSPS) is 20.3. The zero-order chi connectivity index (χ0) is 17.8. The first-order chi connectivity index (χ1) is 10.8. The highest BCUT2D eigenvalue weighted by Crippen LogP contribution is 2.29. The van der Waals surface area contributed by atoms with Crippen molar-refractivity contribution < 1.29 is 29.3 Å². The second-order valence-electron chi connectivity index (χ2n) is 6.33. The highest BCUT2D eigenvalue weighted by molar-refractivity contribution is 5.74. The third-order valence-electron chi connectivity index (χ3n) is 3.84. The number of rotatable bonds is 7. The minimum Gasteiger partial charge on any atom is -0.481 e. The average Bonchev–Trinajstić information content (AvgIpc) is 2.48. The first-order valence-corrected chi connectivity index (χ1v) is 8.39. The number of esters is 1. The van der Waals surface area contributed by atoms with Gasteiger partial charge in [-0.05, 0) is 38.5 Å². The van der Waals surface area contributed by atoms with Crippen molar-refractivity contribution in [2.24, 2.45) is 17.8 Å². The number of ether oxygens (including phenoxy) is 1. The maximum Gasteiger partial charge on any atom is 0.306 e. The van der Waals surface area contributed by atoms with Crippen LogP contribution in [0.25, 0.3) is 0 Å². The van der Waals surface area contributed by atoms with Crippen LogP contribution in [0.3, 0.4) is 0 Å². The summed E-state index contributed by atoms with van der Waals surface area (Å²) >= 11 is 0. The molecule has 134 valence electrons. The molecule has 0 aromatic rings. The van der Waals surface area contributed by atoms with Crippen molar-refractivity contribution in [3.05, 3.63) is 0 Å². The van der Waals surface area contributed by atoms with Crippen molar-refractivity contribution >= 4 is 17.9 Å². The maximum absolute atomic E-state index is 10.8. The zero-order valence-corrected chi connectivity index (χ0v) is 14.4. The van der Waals surface area contributed by atoms with E-state index in [0.29, 0.717) is 44.6 Å². The van der Waals surface area contributed by atoms with Gasteiger partial charge in [0, 0.05) is 6.42 Å². The number of carboxylic acids is 2. The van der Waals surface area contributed by atoms with Gasteiger partial charge < -0.3 is 14.9 Å². The molecule has 0 saturated heterocycles. The van der Waals surface area contributed by atoms with Gasteiger partial charge in [-0.15, -0.1) is 0 Å². The fourth-order valence-electron chi connectivity index (χ4n) is 2.53. The zero-order valence-electron chi connectivity index (χ0n) is 14.4. The molecule has 1 fully saturated rings. The van der Waals surface area contributed by atoms with Crippen LogP contribution >= 0.6 is 0 Å². The van der Waals surface area contributed by atoms with Crippen molar-refractivity contribution in [1.82, 2.24) is 0 Å². The molecule has 0 radical (unpaired) electrons. The number of aliphatic carboxylic acids is 2. The SMILES string of the molecule is CCOC(=O)CCCC(C)C.O=C(O)C1CCCC(C(=O)O)C1. The molecule has 0 amide bonds. The third kappa shape index (κ3) is 10.7. The first-order valence-electron chi connectivity index (χ1n) is 8.39. The predicted molar refractivity (Wildman–Crippen MR) is 86.0 cm³/mol. The highest BCUT2D eigenvalue weighted by atomic mass is 16.5. The molecule has 0 aromatic carbocycles. The van der Waals surface area contributed by atoms with Crippen LogP contribution in [0.5, 0.6) is 0 Å². The fourth-order valence-corrected chi connectivity index (χ4v) is 2.53. The second-order valence-corrected chi connectivity index (χ2v) is 6.33. The molecule has 2 atom stereocenters. The molecule has 1 aliphatic rings. The van der Waals surface area contributed by atoms with E-state index in [2.05, 4.69) is 13.8 Å². The smallest absolute Gasteiger partial charge is 0.306 e. The average molecular weight is 330 g/mol. The minimum absolute atomic E-state index is 0.0619. The molecule has 0 aromatic heterocycles. The Morgan fingerprint density at radius 1 is 1.09 bits per heavy atom. The molecule has 0 aliphatic heterocycles. The molecule has 1 aliphatic carbocycles. The molecule has 6 nitrogen and oxygen atoms in total. The Balaban J connectivity index is 0.000000423. The molecule has 0 heterocycles. The molecule has 1 saturated carbocycles. The monoisotopic (exact) mass is 330 g/mol. The van der Waals surface area contributed by atoms with Gasteiger partial charge in [0.1, 0.15) is 0 Å². The van der Waals surface area contributed by atoms with Gasteiger partial charge in [-0.2, -0.15) is 0 Å². The van der Waals surface area contributed by atoms with Gasteiger partial charge >= 0.3 is 17.9 Å². The molecule has 0 bridgehead atoms. The summed E-state index contributed by atoms with van der Waals surface area (Å²) in [6.45, 7) is 6.65. The lowest BCUT2D eigenvalue weighted by molar-refractivity contribution is -0.148. The van der Waals surface area contributed by atoms with Crippen molar-refractivity contribution in [2.45, 2.75) is 65.7 Å². The van der Waals surface area contributed by atoms with E-state index in [1.807, 2.05) is 6.92 Å². The minimum atomic E-state index is -0.860. The van der Waals surface area contributed by atoms with Gasteiger partial charge in [0.25, 0.3) is 0 Å². The number of hydrogen-bond acceptors (Lipinski definition) is 4. The molecule has 6 heteroatoms. The Morgan fingerprint density at radius 2 is 1.61 bits per heavy atom. The Hall–Kier alpha value is -1.59. The summed E-state index contributed by atoms with van der Waals surface area (Å²) < 4.78 is 4.78. The summed E-state index contributed by atoms with van der Waals surface area (Å²) in [5, 5.41) is 17.3. The van der Waals surface area contributed by atoms with E-state index in [4.69, 9.17) is 14.9 Å². The summed E-state index contributed by atoms with van der Waals surface area (Å²) in [5.41, 5.74) is 0. The Morgan fingerprint density at radius 3 is 2.00 bits per heavy atom. The van der Waals surface area contributed by atoms with E-state index in [1.165, 1.54) is 0 Å². The van der Waals surface area contributed by atoms with Crippen LogP contribution < -0.4 is 0 Å². The molecule has 2 unspecified atom stereocenters. The van der Waals surface area contributed by atoms with Crippen molar-refractivity contribution in [1.29, 1.82) is 0 Å². The van der Waals surface area contributed by atoms with E-state index in [9.17, 15) is 14.4 Å². The molecular formula is C17H30O6. The molecule has 0 spiro atoms. The molecular weight excluding hydrogens is 300 g/mol. The molecule has 23 heavy (non-hydrogen) atoms. The topological polar surface area (TPSA) is 101 Å². The number of carbonyl (C=O) groups is 3. The van der Waals surface area contributed by atoms with Gasteiger partial charge in [0.15, 0.2) is 0 Å². The van der Waals surface area contributed by atoms with Crippen LogP contribution in [0.15, 0.2) is 0 Å². The van der Waals surface area contributed by atoms with Gasteiger partial charge in [-0.3, -0.25) is 14.4 Å². The Kier molecular flexibility index (Phi) is 11.1. The highest BCUT2D eigenvalue weighted by Gasteiger charge is 2.30. The van der Waals surface area contributed by atoms with Crippen LogP contribution in [-0.2, 0) is 19.1 Å². The Bertz CT molecular complexity index is 357. The van der Waals surface area contributed by atoms with Crippen molar-refractivity contribution in [2.75, 3.05) is 6.61 Å². The van der Waals surface area contributed by atoms with Crippen LogP contribution in [0, 0.1) is 17.8 Å². The van der Waals surface area contributed by atoms with Crippen LogP contribution in [0.4, 0.5) is 0 Å². The Labute approximate surface area is 138 Å². The molecule has 1 rings (SSSR count). The number of carbonyl (C=O) groups excluding carboxylic acids is 1. The van der Waals surface area contributed by atoms with Crippen LogP contribution in [0.1, 0.15) is 65.7 Å². The summed E-state index contributed by atoms with van der Waals surface area (Å²) in [6.07, 6.45) is 4.90. The van der Waals surface area contributed by atoms with E-state index in [1.54, 1.807) is 0 Å². The quantitative estimate of drug-likeness (QED) is 0.694. The summed E-state index contributed by atoms with van der Waals surface area (Å²) in [6, 6.07) is 0. The third-order valence-corrected chi connectivity index (χ3v) is 3.84. The lowest BCUT2D eigenvalue weighted by atomic mass is 9.81. The number of hydrogen-bond donors (Lipinski definition) is 2. The lowest BCUT2D eigenvalue weighted by Crippen LogP contribution is -2.26. The van der Waals surface area contributed by atoms with E-state index >= 15 is 0 Å². The van der Waals surface area contributed by atoms with Gasteiger partial charge in [-0.1, -0.05) is 26.7 Å². The van der Waals surface area contributed by atoms with Crippen LogP contribution in [-0.4, -0.2) is 34.7 Å². The fraction of sp³-hybridized carbons (Fsp3) is 0.824. The first kappa shape index (κ1) is 21.4. The van der Waals surface area contributed by atoms with E-state index < -0.39 is 23.8 Å². The maximum atomic E-state index is 10.8. The summed E-state index contributed by atoms with van der Waals surface area (Å²) in [7, 11) is 0. The van der Waals surface area contributed by atoms with E-state index in [-0.39, 0.29) is 5.97 Å². The summed E-state index contributed by atoms with van der Waals surface area (Å²) in [4.78, 5) is 31.9. The lowest BCUT2D eigenvalue weighted by Gasteiger charge is -2.23. The van der Waals surface area contributed by atoms with Crippen molar-refractivity contribution in [3.63, 3.8) is 0 Å². The van der Waals surface area contributed by atoms with E-state index in [0.717, 1.165) is 12.8 Å². The molecule has 2 N–H and O–H groups in total. The largest absolute Gasteiger partial charge is 0.481 e. The van der Waals surface area contributed by atoms with Crippen LogP contribution in [0.2, 0.25) is 0 Å².